The lowest BCUT2D eigenvalue weighted by Crippen LogP contribution is -2.47. The molecule has 4 rings (SSSR count). The van der Waals surface area contributed by atoms with E-state index in [1.165, 1.54) is 19.5 Å². The zero-order valence-electron chi connectivity index (χ0n) is 11.6. The number of hydrogen-bond acceptors (Lipinski definition) is 3. The molecule has 0 saturated carbocycles. The predicted octanol–water partition coefficient (Wildman–Crippen LogP) is 3.02. The lowest BCUT2D eigenvalue weighted by atomic mass is 9.96. The van der Waals surface area contributed by atoms with Gasteiger partial charge < -0.3 is 14.6 Å². The van der Waals surface area contributed by atoms with Gasteiger partial charge in [-0.2, -0.15) is 0 Å². The highest BCUT2D eigenvalue weighted by Gasteiger charge is 2.32. The van der Waals surface area contributed by atoms with Crippen molar-refractivity contribution in [1.29, 1.82) is 0 Å². The quantitative estimate of drug-likeness (QED) is 0.907. The highest BCUT2D eigenvalue weighted by molar-refractivity contribution is 9.10. The van der Waals surface area contributed by atoms with Crippen molar-refractivity contribution in [2.24, 2.45) is 5.92 Å². The number of benzene rings is 1. The number of carbonyl (C=O) groups excluding carboxylic acids is 1. The Labute approximate surface area is 131 Å². The molecule has 4 nitrogen and oxygen atoms in total. The highest BCUT2D eigenvalue weighted by Crippen LogP contribution is 2.28. The van der Waals surface area contributed by atoms with Gasteiger partial charge in [-0.1, -0.05) is 0 Å². The van der Waals surface area contributed by atoms with Crippen molar-refractivity contribution in [2.45, 2.75) is 18.9 Å². The van der Waals surface area contributed by atoms with Crippen molar-refractivity contribution >= 4 is 32.8 Å². The summed E-state index contributed by atoms with van der Waals surface area (Å²) in [5.41, 5.74) is 1.40. The Morgan fingerprint density at radius 3 is 3.14 bits per heavy atom. The second-order valence-corrected chi connectivity index (χ2v) is 6.97. The van der Waals surface area contributed by atoms with Crippen molar-refractivity contribution in [3.63, 3.8) is 0 Å². The molecule has 3 heterocycles. The number of amides is 1. The first-order chi connectivity index (χ1) is 10.2. The van der Waals surface area contributed by atoms with E-state index in [0.29, 0.717) is 5.56 Å². The van der Waals surface area contributed by atoms with E-state index < -0.39 is 0 Å². The smallest absolute Gasteiger partial charge is 0.251 e. The minimum absolute atomic E-state index is 0.00285. The molecule has 2 bridgehead atoms. The molecule has 1 N–H and O–H groups in total. The highest BCUT2D eigenvalue weighted by atomic mass is 79.9. The van der Waals surface area contributed by atoms with Crippen LogP contribution in [0.5, 0.6) is 0 Å². The molecular weight excluding hydrogens is 332 g/mol. The standard InChI is InChI=1S/C16H17BrN2O2/c17-14-9-21-15-6-11(1-2-13(14)15)16(20)18-12-5-10-3-4-19(7-10)8-12/h1-2,6,9-10,12H,3-5,7-8H2,(H,18,20). The van der Waals surface area contributed by atoms with Crippen LogP contribution in [0.2, 0.25) is 0 Å². The summed E-state index contributed by atoms with van der Waals surface area (Å²) < 4.78 is 6.36. The summed E-state index contributed by atoms with van der Waals surface area (Å²) in [6.07, 6.45) is 4.04. The van der Waals surface area contributed by atoms with Gasteiger partial charge in [0, 0.05) is 30.1 Å². The van der Waals surface area contributed by atoms with Gasteiger partial charge in [0.05, 0.1) is 4.47 Å². The van der Waals surface area contributed by atoms with E-state index in [2.05, 4.69) is 26.1 Å². The second-order valence-electron chi connectivity index (χ2n) is 6.11. The Morgan fingerprint density at radius 2 is 2.29 bits per heavy atom. The Kier molecular flexibility index (Phi) is 3.27. The number of fused-ring (bicyclic) bond motifs is 3. The number of piperidine rings is 1. The van der Waals surface area contributed by atoms with Gasteiger partial charge in [-0.05, 0) is 59.4 Å². The number of halogens is 1. The van der Waals surface area contributed by atoms with Crippen LogP contribution < -0.4 is 5.32 Å². The van der Waals surface area contributed by atoms with Gasteiger partial charge in [-0.15, -0.1) is 0 Å². The molecule has 1 aromatic carbocycles. The fourth-order valence-electron chi connectivity index (χ4n) is 3.57. The molecule has 0 spiro atoms. The van der Waals surface area contributed by atoms with E-state index >= 15 is 0 Å². The van der Waals surface area contributed by atoms with Crippen LogP contribution in [-0.2, 0) is 0 Å². The maximum absolute atomic E-state index is 12.4. The van der Waals surface area contributed by atoms with Gasteiger partial charge in [0.25, 0.3) is 5.91 Å². The summed E-state index contributed by atoms with van der Waals surface area (Å²) in [6, 6.07) is 5.87. The first-order valence-corrected chi connectivity index (χ1v) is 8.18. The lowest BCUT2D eigenvalue weighted by molar-refractivity contribution is 0.0909. The molecule has 1 amide bonds. The average Bonchev–Trinajstić information content (AvgIpc) is 3.02. The normalized spacial score (nSPS) is 28.0. The van der Waals surface area contributed by atoms with Crippen LogP contribution in [0, 0.1) is 5.92 Å². The van der Waals surface area contributed by atoms with Crippen LogP contribution in [0.1, 0.15) is 23.2 Å². The third-order valence-electron chi connectivity index (χ3n) is 4.59. The minimum Gasteiger partial charge on any atom is -0.463 e. The number of rotatable bonds is 2. The van der Waals surface area contributed by atoms with E-state index in [9.17, 15) is 4.79 Å². The zero-order chi connectivity index (χ0) is 14.4. The lowest BCUT2D eigenvalue weighted by Gasteiger charge is -2.30. The van der Waals surface area contributed by atoms with Crippen LogP contribution in [-0.4, -0.2) is 36.5 Å². The topological polar surface area (TPSA) is 45.5 Å². The molecule has 2 aliphatic heterocycles. The maximum Gasteiger partial charge on any atom is 0.251 e. The first kappa shape index (κ1) is 13.3. The van der Waals surface area contributed by atoms with E-state index in [1.807, 2.05) is 18.2 Å². The van der Waals surface area contributed by atoms with Crippen molar-refractivity contribution in [3.05, 3.63) is 34.5 Å². The number of hydrogen-bond donors (Lipinski definition) is 1. The van der Waals surface area contributed by atoms with Crippen LogP contribution in [0.25, 0.3) is 11.0 Å². The van der Waals surface area contributed by atoms with Gasteiger partial charge in [0.2, 0.25) is 0 Å². The Balaban J connectivity index is 1.50. The minimum atomic E-state index is -0.00285. The maximum atomic E-state index is 12.4. The molecule has 5 heteroatoms. The Hall–Kier alpha value is -1.33. The first-order valence-electron chi connectivity index (χ1n) is 7.39. The van der Waals surface area contributed by atoms with E-state index in [1.54, 1.807) is 6.26 Å². The third kappa shape index (κ3) is 2.49. The molecule has 0 radical (unpaired) electrons. The van der Waals surface area contributed by atoms with Crippen molar-refractivity contribution in [1.82, 2.24) is 10.2 Å². The summed E-state index contributed by atoms with van der Waals surface area (Å²) in [6.45, 7) is 3.37. The zero-order valence-corrected chi connectivity index (χ0v) is 13.2. The molecule has 2 saturated heterocycles. The van der Waals surface area contributed by atoms with E-state index in [-0.39, 0.29) is 11.9 Å². The SMILES string of the molecule is O=C(NC1CC2CCN(C2)C1)c1ccc2c(Br)coc2c1. The van der Waals surface area contributed by atoms with Gasteiger partial charge in [0.15, 0.2) is 0 Å². The van der Waals surface area contributed by atoms with E-state index in [4.69, 9.17) is 4.42 Å². The van der Waals surface area contributed by atoms with Crippen LogP contribution in [0.15, 0.2) is 33.4 Å². The van der Waals surface area contributed by atoms with E-state index in [0.717, 1.165) is 34.3 Å². The predicted molar refractivity (Wildman–Crippen MR) is 84.3 cm³/mol. The third-order valence-corrected chi connectivity index (χ3v) is 5.21. The molecular formula is C16H17BrN2O2. The molecule has 2 aromatic rings. The molecule has 1 aromatic heterocycles. The summed E-state index contributed by atoms with van der Waals surface area (Å²) >= 11 is 3.43. The van der Waals surface area contributed by atoms with Gasteiger partial charge in [-0.3, -0.25) is 4.79 Å². The van der Waals surface area contributed by atoms with Crippen LogP contribution in [0.3, 0.4) is 0 Å². The molecule has 0 aliphatic carbocycles. The van der Waals surface area contributed by atoms with Crippen LogP contribution in [0.4, 0.5) is 0 Å². The van der Waals surface area contributed by atoms with Gasteiger partial charge >= 0.3 is 0 Å². The molecule has 2 aliphatic rings. The molecule has 21 heavy (non-hydrogen) atoms. The second kappa shape index (κ2) is 5.14. The summed E-state index contributed by atoms with van der Waals surface area (Å²) in [5.74, 6) is 0.754. The largest absolute Gasteiger partial charge is 0.463 e. The van der Waals surface area contributed by atoms with Crippen molar-refractivity contribution < 1.29 is 9.21 Å². The number of nitrogens with zero attached hydrogens (tertiary/aromatic N) is 1. The number of furan rings is 1. The van der Waals surface area contributed by atoms with Crippen LogP contribution >= 0.6 is 15.9 Å². The monoisotopic (exact) mass is 348 g/mol. The molecule has 3 atom stereocenters. The number of carbonyl (C=O) groups is 1. The summed E-state index contributed by atoms with van der Waals surface area (Å²) in [5, 5.41) is 4.17. The molecule has 110 valence electrons. The Bertz CT molecular complexity index is 685. The van der Waals surface area contributed by atoms with Crippen molar-refractivity contribution in [2.75, 3.05) is 19.6 Å². The summed E-state index contributed by atoms with van der Waals surface area (Å²) in [4.78, 5) is 14.9. The number of nitrogens with one attached hydrogen (secondary N) is 1. The fraction of sp³-hybridized carbons (Fsp3) is 0.438. The Morgan fingerprint density at radius 1 is 1.38 bits per heavy atom. The van der Waals surface area contributed by atoms with Crippen molar-refractivity contribution in [3.8, 4) is 0 Å². The van der Waals surface area contributed by atoms with Gasteiger partial charge in [0.1, 0.15) is 11.8 Å². The molecule has 3 unspecified atom stereocenters. The molecule has 2 fully saturated rings. The summed E-state index contributed by atoms with van der Waals surface area (Å²) in [7, 11) is 0. The fourth-order valence-corrected chi connectivity index (χ4v) is 3.99. The van der Waals surface area contributed by atoms with Gasteiger partial charge in [-0.25, -0.2) is 0 Å². The average molecular weight is 349 g/mol.